The minimum absolute atomic E-state index is 0.280. The van der Waals surface area contributed by atoms with E-state index in [1.54, 1.807) is 7.11 Å². The Hall–Kier alpha value is -1.50. The van der Waals surface area contributed by atoms with Crippen LogP contribution in [0.1, 0.15) is 18.4 Å². The van der Waals surface area contributed by atoms with E-state index in [4.69, 9.17) is 18.9 Å². The Morgan fingerprint density at radius 2 is 2.09 bits per heavy atom. The third-order valence-corrected chi connectivity index (χ3v) is 4.41. The fraction of sp³-hybridized carbons (Fsp3) is 0.647. The van der Waals surface area contributed by atoms with Gasteiger partial charge in [-0.15, -0.1) is 0 Å². The Morgan fingerprint density at radius 1 is 1.26 bits per heavy atom. The lowest BCUT2D eigenvalue weighted by atomic mass is 10.0. The van der Waals surface area contributed by atoms with E-state index in [9.17, 15) is 0 Å². The Morgan fingerprint density at radius 3 is 2.87 bits per heavy atom. The first-order chi connectivity index (χ1) is 11.3. The van der Waals surface area contributed by atoms with Crippen molar-refractivity contribution in [1.29, 1.82) is 0 Å². The Balaban J connectivity index is 1.73. The molecule has 6 heteroatoms. The van der Waals surface area contributed by atoms with E-state index in [0.717, 1.165) is 42.4 Å². The van der Waals surface area contributed by atoms with Gasteiger partial charge in [0.25, 0.3) is 0 Å². The maximum Gasteiger partial charge on any atom is 0.231 e. The number of rotatable bonds is 7. The van der Waals surface area contributed by atoms with E-state index < -0.39 is 0 Å². The Labute approximate surface area is 137 Å². The first-order valence-electron chi connectivity index (χ1n) is 8.24. The molecule has 1 unspecified atom stereocenters. The topological polar surface area (TPSA) is 52.2 Å². The molecule has 2 heterocycles. The second-order valence-corrected chi connectivity index (χ2v) is 6.02. The number of likely N-dealkylation sites (N-methyl/N-ethyl adjacent to an activating group) is 1. The molecule has 2 aliphatic rings. The van der Waals surface area contributed by atoms with E-state index >= 15 is 0 Å². The molecule has 6 nitrogen and oxygen atoms in total. The maximum atomic E-state index is 5.89. The normalized spacial score (nSPS) is 20.7. The van der Waals surface area contributed by atoms with Crippen molar-refractivity contribution >= 4 is 0 Å². The fourth-order valence-corrected chi connectivity index (χ4v) is 3.13. The number of benzene rings is 1. The number of hydrogen-bond donors (Lipinski definition) is 1. The van der Waals surface area contributed by atoms with Gasteiger partial charge >= 0.3 is 0 Å². The predicted octanol–water partition coefficient (Wildman–Crippen LogP) is 1.62. The lowest BCUT2D eigenvalue weighted by molar-refractivity contribution is 0.143. The molecular weight excluding hydrogens is 296 g/mol. The first-order valence-corrected chi connectivity index (χ1v) is 8.24. The van der Waals surface area contributed by atoms with E-state index in [0.29, 0.717) is 19.3 Å². The minimum atomic E-state index is 0.280. The number of likely N-dealkylation sites (tertiary alicyclic amines) is 1. The van der Waals surface area contributed by atoms with Crippen LogP contribution in [0, 0.1) is 0 Å². The van der Waals surface area contributed by atoms with Crippen molar-refractivity contribution < 1.29 is 18.9 Å². The third kappa shape index (κ3) is 4.07. The molecule has 0 radical (unpaired) electrons. The zero-order valence-corrected chi connectivity index (χ0v) is 14.0. The molecule has 0 aliphatic carbocycles. The second kappa shape index (κ2) is 7.86. The summed E-state index contributed by atoms with van der Waals surface area (Å²) in [5.41, 5.74) is 1.14. The summed E-state index contributed by atoms with van der Waals surface area (Å²) >= 11 is 0. The zero-order valence-electron chi connectivity index (χ0n) is 14.0. The van der Waals surface area contributed by atoms with Crippen molar-refractivity contribution in [2.24, 2.45) is 0 Å². The molecule has 1 fully saturated rings. The summed E-state index contributed by atoms with van der Waals surface area (Å²) < 4.78 is 22.0. The first kappa shape index (κ1) is 16.4. The molecule has 23 heavy (non-hydrogen) atoms. The summed E-state index contributed by atoms with van der Waals surface area (Å²) in [6.45, 7) is 4.41. The molecule has 128 valence electrons. The third-order valence-electron chi connectivity index (χ3n) is 4.41. The molecule has 1 aromatic carbocycles. The Kier molecular flexibility index (Phi) is 5.59. The van der Waals surface area contributed by atoms with Crippen LogP contribution in [0.15, 0.2) is 12.1 Å². The van der Waals surface area contributed by atoms with E-state index in [1.807, 2.05) is 19.2 Å². The number of nitrogens with one attached hydrogen (secondary N) is 1. The molecule has 1 atom stereocenters. The quantitative estimate of drug-likeness (QED) is 0.770. The van der Waals surface area contributed by atoms with Gasteiger partial charge in [0.05, 0.1) is 6.61 Å². The number of methoxy groups -OCH3 is 1. The number of ether oxygens (including phenoxy) is 4. The highest BCUT2D eigenvalue weighted by molar-refractivity contribution is 5.51. The van der Waals surface area contributed by atoms with E-state index in [1.165, 1.54) is 12.8 Å². The van der Waals surface area contributed by atoms with Crippen molar-refractivity contribution in [2.75, 3.05) is 47.3 Å². The average Bonchev–Trinajstić information content (AvgIpc) is 3.02. The van der Waals surface area contributed by atoms with Crippen molar-refractivity contribution in [3.8, 4) is 17.2 Å². The molecular formula is C17H26N2O4. The van der Waals surface area contributed by atoms with Crippen molar-refractivity contribution in [1.82, 2.24) is 10.2 Å². The summed E-state index contributed by atoms with van der Waals surface area (Å²) in [4.78, 5) is 2.46. The maximum absolute atomic E-state index is 5.89. The van der Waals surface area contributed by atoms with Gasteiger partial charge in [0, 0.05) is 37.9 Å². The number of fused-ring (bicyclic) bond motifs is 1. The highest BCUT2D eigenvalue weighted by Crippen LogP contribution is 2.38. The standard InChI is InChI=1S/C17H26N2O4/c1-18-14-4-3-5-19(11-14)10-13-8-16-17(23-12-22-16)9-15(13)21-7-6-20-2/h8-9,14,18H,3-7,10-12H2,1-2H3. The van der Waals surface area contributed by atoms with Crippen molar-refractivity contribution in [2.45, 2.75) is 25.4 Å². The monoisotopic (exact) mass is 322 g/mol. The molecule has 1 N–H and O–H groups in total. The van der Waals surface area contributed by atoms with Crippen LogP contribution in [-0.2, 0) is 11.3 Å². The van der Waals surface area contributed by atoms with Gasteiger partial charge in [0.1, 0.15) is 12.4 Å². The van der Waals surface area contributed by atoms with Crippen LogP contribution in [0.2, 0.25) is 0 Å². The van der Waals surface area contributed by atoms with Gasteiger partial charge in [-0.05, 0) is 32.5 Å². The molecule has 0 aromatic heterocycles. The molecule has 0 amide bonds. The smallest absolute Gasteiger partial charge is 0.231 e. The van der Waals surface area contributed by atoms with E-state index in [2.05, 4.69) is 10.2 Å². The molecule has 1 aromatic rings. The number of nitrogens with zero attached hydrogens (tertiary/aromatic N) is 1. The highest BCUT2D eigenvalue weighted by atomic mass is 16.7. The lowest BCUT2D eigenvalue weighted by Crippen LogP contribution is -2.43. The zero-order chi connectivity index (χ0) is 16.1. The molecule has 2 aliphatic heterocycles. The van der Waals surface area contributed by atoms with Gasteiger partial charge in [-0.1, -0.05) is 0 Å². The van der Waals surface area contributed by atoms with Crippen LogP contribution in [-0.4, -0.2) is 58.2 Å². The molecule has 3 rings (SSSR count). The molecule has 0 saturated carbocycles. The van der Waals surface area contributed by atoms with Crippen LogP contribution in [0.5, 0.6) is 17.2 Å². The summed E-state index contributed by atoms with van der Waals surface area (Å²) in [5.74, 6) is 2.42. The summed E-state index contributed by atoms with van der Waals surface area (Å²) in [7, 11) is 3.71. The average molecular weight is 322 g/mol. The summed E-state index contributed by atoms with van der Waals surface area (Å²) in [5, 5.41) is 3.38. The van der Waals surface area contributed by atoms with Gasteiger partial charge in [-0.2, -0.15) is 0 Å². The molecule has 0 bridgehead atoms. The van der Waals surface area contributed by atoms with Gasteiger partial charge in [-0.3, -0.25) is 4.90 Å². The Bertz CT molecular complexity index is 524. The fourth-order valence-electron chi connectivity index (χ4n) is 3.13. The predicted molar refractivity (Wildman–Crippen MR) is 87.3 cm³/mol. The number of piperidine rings is 1. The van der Waals surface area contributed by atoms with Crippen molar-refractivity contribution in [3.05, 3.63) is 17.7 Å². The van der Waals surface area contributed by atoms with Crippen LogP contribution in [0.25, 0.3) is 0 Å². The summed E-state index contributed by atoms with van der Waals surface area (Å²) in [6, 6.07) is 4.55. The summed E-state index contributed by atoms with van der Waals surface area (Å²) in [6.07, 6.45) is 2.46. The van der Waals surface area contributed by atoms with Crippen LogP contribution in [0.3, 0.4) is 0 Å². The highest BCUT2D eigenvalue weighted by Gasteiger charge is 2.22. The van der Waals surface area contributed by atoms with Crippen molar-refractivity contribution in [3.63, 3.8) is 0 Å². The van der Waals surface area contributed by atoms with Gasteiger partial charge < -0.3 is 24.3 Å². The van der Waals surface area contributed by atoms with E-state index in [-0.39, 0.29) is 6.79 Å². The lowest BCUT2D eigenvalue weighted by Gasteiger charge is -2.32. The van der Waals surface area contributed by atoms with Gasteiger partial charge in [0.15, 0.2) is 11.5 Å². The minimum Gasteiger partial charge on any atom is -0.491 e. The largest absolute Gasteiger partial charge is 0.491 e. The number of hydrogen-bond acceptors (Lipinski definition) is 6. The van der Waals surface area contributed by atoms with Crippen LogP contribution in [0.4, 0.5) is 0 Å². The van der Waals surface area contributed by atoms with Crippen LogP contribution >= 0.6 is 0 Å². The molecule has 0 spiro atoms. The van der Waals surface area contributed by atoms with Crippen LogP contribution < -0.4 is 19.5 Å². The second-order valence-electron chi connectivity index (χ2n) is 6.02. The SMILES string of the molecule is CNC1CCCN(Cc2cc3c(cc2OCCOC)OCO3)C1. The van der Waals surface area contributed by atoms with Gasteiger partial charge in [0.2, 0.25) is 6.79 Å². The van der Waals surface area contributed by atoms with Gasteiger partial charge in [-0.25, -0.2) is 0 Å². The molecule has 1 saturated heterocycles.